The molecule has 1 heterocycles. The summed E-state index contributed by atoms with van der Waals surface area (Å²) in [6, 6.07) is 17.2. The fourth-order valence-corrected chi connectivity index (χ4v) is 7.22. The van der Waals surface area contributed by atoms with E-state index in [9.17, 15) is 38.3 Å². The molecular formula is C41H46FN5O8. The number of anilines is 1. The normalized spacial score (nSPS) is 19.4. The quantitative estimate of drug-likeness (QED) is 0.170. The molecule has 3 atom stereocenters. The van der Waals surface area contributed by atoms with Gasteiger partial charge in [0.25, 0.3) is 5.91 Å². The van der Waals surface area contributed by atoms with Crippen molar-refractivity contribution in [1.29, 1.82) is 0 Å². The van der Waals surface area contributed by atoms with E-state index in [1.807, 2.05) is 12.1 Å². The van der Waals surface area contributed by atoms with Crippen LogP contribution in [0.25, 0.3) is 0 Å². The van der Waals surface area contributed by atoms with E-state index in [0.29, 0.717) is 28.8 Å². The molecule has 6 rings (SSSR count). The van der Waals surface area contributed by atoms with Crippen LogP contribution in [0.4, 0.5) is 10.1 Å². The molecule has 3 aliphatic rings. The average Bonchev–Trinajstić information content (AvgIpc) is 3.61. The number of ether oxygens (including phenoxy) is 1. The summed E-state index contributed by atoms with van der Waals surface area (Å²) in [7, 11) is 0. The molecule has 3 aromatic rings. The fraction of sp³-hybridized carbons (Fsp3) is 0.415. The number of fused-ring (bicyclic) bond motifs is 2. The Hall–Kier alpha value is -5.47. The van der Waals surface area contributed by atoms with Crippen LogP contribution in [0.5, 0.6) is 0 Å². The number of Topliss-reactive ketones (excluding diaryl/α,β-unsaturated/α-hetero) is 1. The first-order valence-corrected chi connectivity index (χ1v) is 18.6. The first-order valence-electron chi connectivity index (χ1n) is 18.6. The first kappa shape index (κ1) is 39.2. The third-order valence-electron chi connectivity index (χ3n) is 10.6. The Kier molecular flexibility index (Phi) is 12.1. The van der Waals surface area contributed by atoms with Gasteiger partial charge in [-0.3, -0.25) is 33.7 Å². The van der Waals surface area contributed by atoms with Gasteiger partial charge in [-0.2, -0.15) is 0 Å². The van der Waals surface area contributed by atoms with Gasteiger partial charge in [0.2, 0.25) is 30.0 Å². The van der Waals surface area contributed by atoms with Crippen LogP contribution in [0.15, 0.2) is 66.7 Å². The van der Waals surface area contributed by atoms with Crippen LogP contribution in [-0.2, 0) is 53.8 Å². The number of aryl methyl sites for hydroxylation is 1. The van der Waals surface area contributed by atoms with Crippen molar-refractivity contribution in [2.45, 2.75) is 89.9 Å². The third kappa shape index (κ3) is 9.09. The molecule has 1 saturated carbocycles. The lowest BCUT2D eigenvalue weighted by molar-refractivity contribution is -0.181. The summed E-state index contributed by atoms with van der Waals surface area (Å²) in [6.45, 7) is 2.86. The van der Waals surface area contributed by atoms with Crippen molar-refractivity contribution < 1.29 is 43.0 Å². The number of amides is 5. The van der Waals surface area contributed by atoms with Gasteiger partial charge in [-0.15, -0.1) is 0 Å². The van der Waals surface area contributed by atoms with E-state index in [-0.39, 0.29) is 62.4 Å². The summed E-state index contributed by atoms with van der Waals surface area (Å²) >= 11 is 0. The van der Waals surface area contributed by atoms with Gasteiger partial charge in [0, 0.05) is 62.6 Å². The van der Waals surface area contributed by atoms with Crippen molar-refractivity contribution in [2.24, 2.45) is 5.92 Å². The number of aliphatic hydroxyl groups excluding tert-OH is 1. The number of carbonyl (C=O) groups is 6. The zero-order valence-electron chi connectivity index (χ0n) is 30.9. The van der Waals surface area contributed by atoms with Crippen molar-refractivity contribution in [3.8, 4) is 0 Å². The van der Waals surface area contributed by atoms with E-state index >= 15 is 0 Å². The monoisotopic (exact) mass is 755 g/mol. The standard InChI is InChI=1S/C41H46FN5O8/c1-25(21-43-35(49)16-17-36(50)44-22-27-6-10-30(11-7-27)38(52)29-4-3-5-29)46(23-28-8-12-32(42)13-9-28)37(51)24-47-39(53)41(55-40(47)54)19-18-31-20-33(45-26(2)48)14-15-34(31)41/h6-15,20,25,29,40,54H,3-5,16-19,21-24H2,1-2H3,(H,43,49)(H,44,50)(H,45,48)/t25-,40?,41+/m0/s1. The van der Waals surface area contributed by atoms with Gasteiger partial charge >= 0.3 is 0 Å². The Labute approximate surface area is 318 Å². The maximum Gasteiger partial charge on any atom is 0.264 e. The SMILES string of the molecule is CC(=O)Nc1ccc2c(c1)CC[C@@]21OC(O)N(CC(=O)N(Cc2ccc(F)cc2)[C@@H](C)CNC(=O)CCC(=O)NCc2ccc(C(=O)C3CCC3)cc2)C1=O. The molecule has 1 unspecified atom stereocenters. The second kappa shape index (κ2) is 16.9. The maximum absolute atomic E-state index is 13.9. The molecular weight excluding hydrogens is 709 g/mol. The van der Waals surface area contributed by atoms with E-state index in [1.54, 1.807) is 37.3 Å². The molecule has 0 bridgehead atoms. The number of ketones is 1. The molecule has 55 heavy (non-hydrogen) atoms. The van der Waals surface area contributed by atoms with Crippen LogP contribution < -0.4 is 16.0 Å². The van der Waals surface area contributed by atoms with Gasteiger partial charge in [0.15, 0.2) is 11.4 Å². The second-order valence-electron chi connectivity index (χ2n) is 14.5. The first-order chi connectivity index (χ1) is 26.3. The largest absolute Gasteiger partial charge is 0.354 e. The lowest BCUT2D eigenvalue weighted by atomic mass is 9.80. The molecule has 2 aliphatic carbocycles. The Balaban J connectivity index is 1.03. The van der Waals surface area contributed by atoms with E-state index < -0.39 is 48.1 Å². The lowest BCUT2D eigenvalue weighted by Gasteiger charge is -2.31. The fourth-order valence-electron chi connectivity index (χ4n) is 7.22. The molecule has 2 fully saturated rings. The molecule has 1 saturated heterocycles. The molecule has 0 aromatic heterocycles. The third-order valence-corrected chi connectivity index (χ3v) is 10.6. The highest BCUT2D eigenvalue weighted by atomic mass is 19.1. The van der Waals surface area contributed by atoms with Crippen molar-refractivity contribution >= 4 is 41.0 Å². The second-order valence-corrected chi connectivity index (χ2v) is 14.5. The number of nitrogens with zero attached hydrogens (tertiary/aromatic N) is 2. The van der Waals surface area contributed by atoms with Crippen molar-refractivity contribution in [2.75, 3.05) is 18.4 Å². The molecule has 0 radical (unpaired) electrons. The molecule has 1 spiro atoms. The summed E-state index contributed by atoms with van der Waals surface area (Å²) < 4.78 is 19.6. The Bertz CT molecular complexity index is 1950. The van der Waals surface area contributed by atoms with E-state index in [1.165, 1.54) is 36.1 Å². The molecule has 4 N–H and O–H groups in total. The Morgan fingerprint density at radius 2 is 1.64 bits per heavy atom. The van der Waals surface area contributed by atoms with Crippen LogP contribution in [0.1, 0.15) is 85.0 Å². The molecule has 13 nitrogen and oxygen atoms in total. The zero-order valence-corrected chi connectivity index (χ0v) is 30.9. The lowest BCUT2D eigenvalue weighted by Crippen LogP contribution is -2.50. The van der Waals surface area contributed by atoms with Gasteiger partial charge in [0.1, 0.15) is 12.4 Å². The number of rotatable bonds is 15. The molecule has 5 amide bonds. The van der Waals surface area contributed by atoms with E-state index in [4.69, 9.17) is 4.74 Å². The minimum absolute atomic E-state index is 0.0141. The molecule has 14 heteroatoms. The summed E-state index contributed by atoms with van der Waals surface area (Å²) in [6.07, 6.45) is 1.77. The number of carbonyl (C=O) groups excluding carboxylic acids is 6. The predicted octanol–water partition coefficient (Wildman–Crippen LogP) is 3.67. The van der Waals surface area contributed by atoms with Gasteiger partial charge in [-0.25, -0.2) is 4.39 Å². The Morgan fingerprint density at radius 3 is 2.29 bits per heavy atom. The summed E-state index contributed by atoms with van der Waals surface area (Å²) in [5.41, 5.74) is 2.52. The van der Waals surface area contributed by atoms with Crippen LogP contribution in [0.3, 0.4) is 0 Å². The molecule has 1 aliphatic heterocycles. The number of hydrogen-bond donors (Lipinski definition) is 4. The van der Waals surface area contributed by atoms with E-state index in [0.717, 1.165) is 35.3 Å². The highest BCUT2D eigenvalue weighted by Crippen LogP contribution is 2.46. The zero-order chi connectivity index (χ0) is 39.3. The summed E-state index contributed by atoms with van der Waals surface area (Å²) in [5.74, 6) is -2.26. The number of hydrogen-bond acceptors (Lipinski definition) is 8. The molecule has 290 valence electrons. The average molecular weight is 756 g/mol. The highest BCUT2D eigenvalue weighted by molar-refractivity contribution is 5.98. The van der Waals surface area contributed by atoms with Crippen LogP contribution in [0, 0.1) is 11.7 Å². The van der Waals surface area contributed by atoms with Crippen LogP contribution >= 0.6 is 0 Å². The maximum atomic E-state index is 13.9. The number of nitrogens with one attached hydrogen (secondary N) is 3. The summed E-state index contributed by atoms with van der Waals surface area (Å²) in [5, 5.41) is 19.2. The van der Waals surface area contributed by atoms with Crippen molar-refractivity contribution in [1.82, 2.24) is 20.4 Å². The van der Waals surface area contributed by atoms with Crippen molar-refractivity contribution in [3.63, 3.8) is 0 Å². The minimum Gasteiger partial charge on any atom is -0.354 e. The van der Waals surface area contributed by atoms with Gasteiger partial charge < -0.3 is 30.7 Å². The predicted molar refractivity (Wildman–Crippen MR) is 198 cm³/mol. The Morgan fingerprint density at radius 1 is 0.964 bits per heavy atom. The topological polar surface area (TPSA) is 174 Å². The number of benzene rings is 3. The molecule has 3 aromatic carbocycles. The van der Waals surface area contributed by atoms with Gasteiger partial charge in [-0.1, -0.05) is 48.9 Å². The summed E-state index contributed by atoms with van der Waals surface area (Å²) in [4.78, 5) is 79.5. The minimum atomic E-state index is -1.70. The number of halogens is 1. The highest BCUT2D eigenvalue weighted by Gasteiger charge is 2.57. The van der Waals surface area contributed by atoms with E-state index in [2.05, 4.69) is 16.0 Å². The van der Waals surface area contributed by atoms with Crippen molar-refractivity contribution in [3.05, 3.63) is 100 Å². The smallest absolute Gasteiger partial charge is 0.264 e. The van der Waals surface area contributed by atoms with Crippen LogP contribution in [-0.4, -0.2) is 75.8 Å². The van der Waals surface area contributed by atoms with Gasteiger partial charge in [0.05, 0.1) is 0 Å². The van der Waals surface area contributed by atoms with Gasteiger partial charge in [-0.05, 0) is 79.1 Å². The number of aliphatic hydroxyl groups is 1. The van der Waals surface area contributed by atoms with Crippen LogP contribution in [0.2, 0.25) is 0 Å².